The lowest BCUT2D eigenvalue weighted by molar-refractivity contribution is 0.331. The molecule has 0 N–H and O–H groups in total. The highest BCUT2D eigenvalue weighted by atomic mass is 32.2. The van der Waals surface area contributed by atoms with Gasteiger partial charge in [0.1, 0.15) is 10.7 Å². The third-order valence-corrected chi connectivity index (χ3v) is 6.91. The average Bonchev–Trinajstić information content (AvgIpc) is 2.91. The van der Waals surface area contributed by atoms with E-state index in [0.717, 1.165) is 30.6 Å². The van der Waals surface area contributed by atoms with E-state index >= 15 is 0 Å². The normalized spacial score (nSPS) is 20.7. The number of hydrogen-bond acceptors (Lipinski definition) is 3. The van der Waals surface area contributed by atoms with Crippen molar-refractivity contribution in [2.24, 2.45) is 0 Å². The van der Waals surface area contributed by atoms with Crippen molar-refractivity contribution in [2.45, 2.75) is 36.6 Å². The van der Waals surface area contributed by atoms with Crippen LogP contribution in [0.2, 0.25) is 0 Å². The van der Waals surface area contributed by atoms with Crippen LogP contribution in [0.25, 0.3) is 0 Å². The van der Waals surface area contributed by atoms with E-state index in [4.69, 9.17) is 0 Å². The second-order valence-corrected chi connectivity index (χ2v) is 8.26. The molecule has 1 aromatic carbocycles. The van der Waals surface area contributed by atoms with E-state index < -0.39 is 15.8 Å². The van der Waals surface area contributed by atoms with Crippen LogP contribution in [0.1, 0.15) is 36.6 Å². The predicted molar refractivity (Wildman–Crippen MR) is 85.8 cm³/mol. The molecule has 0 spiro atoms. The summed E-state index contributed by atoms with van der Waals surface area (Å²) in [4.78, 5) is 0.806. The minimum Gasteiger partial charge on any atom is -0.207 e. The molecule has 1 unspecified atom stereocenters. The Hall–Kier alpha value is -1.24. The van der Waals surface area contributed by atoms with E-state index in [1.54, 1.807) is 17.4 Å². The van der Waals surface area contributed by atoms with Gasteiger partial charge in [-0.2, -0.15) is 4.31 Å². The molecule has 0 radical (unpaired) electrons. The molecule has 3 nitrogen and oxygen atoms in total. The van der Waals surface area contributed by atoms with E-state index in [9.17, 15) is 12.8 Å². The Morgan fingerprint density at radius 3 is 2.64 bits per heavy atom. The Labute approximate surface area is 134 Å². The van der Waals surface area contributed by atoms with Crippen LogP contribution in [0.4, 0.5) is 4.39 Å². The summed E-state index contributed by atoms with van der Waals surface area (Å²) < 4.78 is 41.4. The molecular formula is C16H18FNO2S2. The maximum absolute atomic E-state index is 14.0. The van der Waals surface area contributed by atoms with Gasteiger partial charge in [0.25, 0.3) is 0 Å². The average molecular weight is 339 g/mol. The first-order valence-corrected chi connectivity index (χ1v) is 9.72. The topological polar surface area (TPSA) is 37.4 Å². The second-order valence-electron chi connectivity index (χ2n) is 5.43. The second kappa shape index (κ2) is 6.48. The van der Waals surface area contributed by atoms with Crippen molar-refractivity contribution in [1.82, 2.24) is 4.31 Å². The molecule has 3 rings (SSSR count). The summed E-state index contributed by atoms with van der Waals surface area (Å²) in [7, 11) is -3.83. The fourth-order valence-corrected chi connectivity index (χ4v) is 5.60. The summed E-state index contributed by atoms with van der Waals surface area (Å²) in [5, 5.41) is 1.95. The number of rotatable bonds is 3. The van der Waals surface area contributed by atoms with Crippen molar-refractivity contribution in [2.75, 3.05) is 6.54 Å². The van der Waals surface area contributed by atoms with E-state index in [1.807, 2.05) is 17.5 Å². The van der Waals surface area contributed by atoms with Crippen LogP contribution in [0.15, 0.2) is 46.7 Å². The maximum Gasteiger partial charge on any atom is 0.246 e. The van der Waals surface area contributed by atoms with E-state index in [2.05, 4.69) is 0 Å². The van der Waals surface area contributed by atoms with Crippen LogP contribution in [-0.4, -0.2) is 19.3 Å². The van der Waals surface area contributed by atoms with Crippen molar-refractivity contribution in [3.05, 3.63) is 52.5 Å². The van der Waals surface area contributed by atoms with Crippen molar-refractivity contribution in [3.8, 4) is 0 Å². The van der Waals surface area contributed by atoms with E-state index in [-0.39, 0.29) is 10.9 Å². The van der Waals surface area contributed by atoms with Gasteiger partial charge in [-0.25, -0.2) is 12.8 Å². The first-order chi connectivity index (χ1) is 10.6. The minimum atomic E-state index is -3.83. The number of benzene rings is 1. The molecule has 0 saturated carbocycles. The fourth-order valence-electron chi connectivity index (χ4n) is 2.91. The SMILES string of the molecule is O=S(=O)(c1ccccc1F)N1CCCCCC1c1cccs1. The Bertz CT molecular complexity index is 728. The molecule has 1 aliphatic rings. The van der Waals surface area contributed by atoms with Gasteiger partial charge < -0.3 is 0 Å². The number of hydrogen-bond donors (Lipinski definition) is 0. The number of halogens is 1. The summed E-state index contributed by atoms with van der Waals surface area (Å²) in [6.07, 6.45) is 3.60. The highest BCUT2D eigenvalue weighted by Crippen LogP contribution is 2.36. The lowest BCUT2D eigenvalue weighted by Crippen LogP contribution is -2.35. The van der Waals surface area contributed by atoms with Gasteiger partial charge in [-0.3, -0.25) is 0 Å². The molecule has 2 aromatic rings. The van der Waals surface area contributed by atoms with Gasteiger partial charge in [0, 0.05) is 11.4 Å². The van der Waals surface area contributed by atoms with Crippen molar-refractivity contribution in [3.63, 3.8) is 0 Å². The molecule has 0 bridgehead atoms. The number of nitrogens with zero attached hydrogens (tertiary/aromatic N) is 1. The highest BCUT2D eigenvalue weighted by Gasteiger charge is 2.35. The number of sulfonamides is 1. The molecule has 118 valence electrons. The van der Waals surface area contributed by atoms with Gasteiger partial charge in [0.05, 0.1) is 6.04 Å². The van der Waals surface area contributed by atoms with Crippen molar-refractivity contribution in [1.29, 1.82) is 0 Å². The molecule has 1 aromatic heterocycles. The van der Waals surface area contributed by atoms with E-state index in [0.29, 0.717) is 6.54 Å². The van der Waals surface area contributed by atoms with Crippen LogP contribution in [0.5, 0.6) is 0 Å². The number of thiophene rings is 1. The first-order valence-electron chi connectivity index (χ1n) is 7.40. The molecule has 2 heterocycles. The molecule has 0 aliphatic carbocycles. The van der Waals surface area contributed by atoms with Crippen LogP contribution in [0, 0.1) is 5.82 Å². The summed E-state index contributed by atoms with van der Waals surface area (Å²) in [6.45, 7) is 0.444. The lowest BCUT2D eigenvalue weighted by Gasteiger charge is -2.28. The Morgan fingerprint density at radius 2 is 1.91 bits per heavy atom. The van der Waals surface area contributed by atoms with Crippen LogP contribution in [-0.2, 0) is 10.0 Å². The van der Waals surface area contributed by atoms with Crippen LogP contribution in [0.3, 0.4) is 0 Å². The van der Waals surface area contributed by atoms with Crippen molar-refractivity contribution < 1.29 is 12.8 Å². The zero-order chi connectivity index (χ0) is 15.6. The predicted octanol–water partition coefficient (Wildman–Crippen LogP) is 4.19. The first kappa shape index (κ1) is 15.6. The zero-order valence-corrected chi connectivity index (χ0v) is 13.7. The lowest BCUT2D eigenvalue weighted by atomic mass is 10.1. The standard InChI is InChI=1S/C16H18FNO2S2/c17-13-7-3-4-10-16(13)22(19,20)18-11-5-1-2-8-14(18)15-9-6-12-21-15/h3-4,6-7,9-10,12,14H,1-2,5,8,11H2. The summed E-state index contributed by atoms with van der Waals surface area (Å²) in [5.74, 6) is -0.684. The molecule has 1 atom stereocenters. The molecule has 1 aliphatic heterocycles. The third kappa shape index (κ3) is 2.95. The van der Waals surface area contributed by atoms with Gasteiger partial charge >= 0.3 is 0 Å². The monoisotopic (exact) mass is 339 g/mol. The van der Waals surface area contributed by atoms with Gasteiger partial charge in [0.15, 0.2) is 0 Å². The largest absolute Gasteiger partial charge is 0.246 e. The molecule has 22 heavy (non-hydrogen) atoms. The quantitative estimate of drug-likeness (QED) is 0.841. The molecule has 0 amide bonds. The molecule has 6 heteroatoms. The van der Waals surface area contributed by atoms with Gasteiger partial charge in [-0.05, 0) is 36.4 Å². The molecule has 1 saturated heterocycles. The Morgan fingerprint density at radius 1 is 1.09 bits per heavy atom. The molecule has 1 fully saturated rings. The van der Waals surface area contributed by atoms with Gasteiger partial charge in [-0.1, -0.05) is 31.0 Å². The van der Waals surface area contributed by atoms with Crippen LogP contribution >= 0.6 is 11.3 Å². The fraction of sp³-hybridized carbons (Fsp3) is 0.375. The minimum absolute atomic E-state index is 0.188. The van der Waals surface area contributed by atoms with Gasteiger partial charge in [-0.15, -0.1) is 11.3 Å². The van der Waals surface area contributed by atoms with E-state index in [1.165, 1.54) is 22.5 Å². The van der Waals surface area contributed by atoms with Crippen molar-refractivity contribution >= 4 is 21.4 Å². The highest BCUT2D eigenvalue weighted by molar-refractivity contribution is 7.89. The van der Waals surface area contributed by atoms with Crippen LogP contribution < -0.4 is 0 Å². The Kier molecular flexibility index (Phi) is 4.61. The maximum atomic E-state index is 14.0. The molecular weight excluding hydrogens is 321 g/mol. The Balaban J connectivity index is 2.04. The van der Waals surface area contributed by atoms with Gasteiger partial charge in [0.2, 0.25) is 10.0 Å². The summed E-state index contributed by atoms with van der Waals surface area (Å²) in [5.41, 5.74) is 0. The summed E-state index contributed by atoms with van der Waals surface area (Å²) >= 11 is 1.56. The zero-order valence-electron chi connectivity index (χ0n) is 12.1. The third-order valence-electron chi connectivity index (χ3n) is 4.00. The smallest absolute Gasteiger partial charge is 0.207 e. The summed E-state index contributed by atoms with van der Waals surface area (Å²) in [6, 6.07) is 9.32.